The molecule has 3 nitrogen and oxygen atoms in total. The lowest BCUT2D eigenvalue weighted by atomic mass is 10.3. The maximum atomic E-state index is 11.7. The van der Waals surface area contributed by atoms with E-state index in [1.807, 2.05) is 32.0 Å². The normalized spacial score (nSPS) is 10.7. The molecule has 0 aromatic carbocycles. The number of hydrogen-bond donors (Lipinski definition) is 1. The summed E-state index contributed by atoms with van der Waals surface area (Å²) in [7, 11) is 3.97. The molecule has 0 spiro atoms. The van der Waals surface area contributed by atoms with Gasteiger partial charge >= 0.3 is 0 Å². The Hall–Kier alpha value is -0.390. The Morgan fingerprint density at radius 1 is 1.60 bits per heavy atom. The highest BCUT2D eigenvalue weighted by atomic mass is 79.9. The van der Waals surface area contributed by atoms with E-state index in [0.29, 0.717) is 6.54 Å². The van der Waals surface area contributed by atoms with Crippen LogP contribution in [0.4, 0.5) is 0 Å². The molecule has 0 atom stereocenters. The monoisotopic (exact) mass is 290 g/mol. The predicted molar refractivity (Wildman–Crippen MR) is 67.6 cm³/mol. The van der Waals surface area contributed by atoms with E-state index in [0.717, 1.165) is 20.8 Å². The van der Waals surface area contributed by atoms with Crippen LogP contribution in [-0.2, 0) is 0 Å². The average Bonchev–Trinajstić information content (AvgIpc) is 2.46. The number of hydrogen-bond acceptors (Lipinski definition) is 3. The third-order valence-corrected chi connectivity index (χ3v) is 4.06. The molecule has 0 aliphatic heterocycles. The third kappa shape index (κ3) is 3.93. The highest BCUT2D eigenvalue weighted by Crippen LogP contribution is 2.26. The van der Waals surface area contributed by atoms with Gasteiger partial charge in [-0.2, -0.15) is 0 Å². The number of nitrogens with zero attached hydrogens (tertiary/aromatic N) is 1. The summed E-state index contributed by atoms with van der Waals surface area (Å²) < 4.78 is 1.03. The number of aryl methyl sites for hydroxylation is 1. The Balaban J connectivity index is 2.47. The van der Waals surface area contributed by atoms with E-state index in [9.17, 15) is 4.79 Å². The summed E-state index contributed by atoms with van der Waals surface area (Å²) in [6.45, 7) is 3.52. The van der Waals surface area contributed by atoms with Crippen molar-refractivity contribution in [1.29, 1.82) is 0 Å². The summed E-state index contributed by atoms with van der Waals surface area (Å²) in [6.07, 6.45) is 0. The van der Waals surface area contributed by atoms with E-state index >= 15 is 0 Å². The number of amides is 1. The van der Waals surface area contributed by atoms with Crippen LogP contribution in [0.2, 0.25) is 0 Å². The molecular formula is C10H15BrN2OS. The Kier molecular flexibility index (Phi) is 4.76. The largest absolute Gasteiger partial charge is 0.350 e. The molecule has 15 heavy (non-hydrogen) atoms. The minimum Gasteiger partial charge on any atom is -0.350 e. The van der Waals surface area contributed by atoms with Crippen molar-refractivity contribution in [3.63, 3.8) is 0 Å². The van der Waals surface area contributed by atoms with Gasteiger partial charge in [-0.15, -0.1) is 11.3 Å². The molecule has 84 valence electrons. The van der Waals surface area contributed by atoms with Gasteiger partial charge in [0, 0.05) is 13.1 Å². The number of thiophene rings is 1. The lowest BCUT2D eigenvalue weighted by Crippen LogP contribution is -2.30. The number of carbonyl (C=O) groups is 1. The molecule has 1 rings (SSSR count). The molecule has 0 bridgehead atoms. The molecule has 0 unspecified atom stereocenters. The van der Waals surface area contributed by atoms with E-state index in [2.05, 4.69) is 21.2 Å². The first-order valence-electron chi connectivity index (χ1n) is 4.69. The Morgan fingerprint density at radius 2 is 2.27 bits per heavy atom. The zero-order chi connectivity index (χ0) is 11.4. The molecule has 1 N–H and O–H groups in total. The molecule has 0 saturated heterocycles. The molecule has 0 saturated carbocycles. The predicted octanol–water partition coefficient (Wildman–Crippen LogP) is 2.11. The Labute approximate surface area is 103 Å². The first kappa shape index (κ1) is 12.7. The number of carbonyl (C=O) groups excluding carboxylic acids is 1. The van der Waals surface area contributed by atoms with E-state index in [1.54, 1.807) is 0 Å². The maximum Gasteiger partial charge on any atom is 0.261 e. The van der Waals surface area contributed by atoms with Crippen molar-refractivity contribution in [3.8, 4) is 0 Å². The topological polar surface area (TPSA) is 32.3 Å². The molecule has 1 heterocycles. The highest BCUT2D eigenvalue weighted by molar-refractivity contribution is 9.11. The molecule has 0 aliphatic carbocycles. The fourth-order valence-corrected chi connectivity index (χ4v) is 2.50. The summed E-state index contributed by atoms with van der Waals surface area (Å²) in [5.41, 5.74) is 1.11. The standard InChI is InChI=1S/C10H15BrN2OS/c1-7-6-8(15-9(7)11)10(14)12-4-5-13(2)3/h6H,4-5H2,1-3H3,(H,12,14). The summed E-state index contributed by atoms with van der Waals surface area (Å²) in [5, 5.41) is 2.88. The fourth-order valence-electron chi connectivity index (χ4n) is 1.05. The first-order chi connectivity index (χ1) is 7.00. The maximum absolute atomic E-state index is 11.7. The van der Waals surface area contributed by atoms with E-state index in [-0.39, 0.29) is 5.91 Å². The van der Waals surface area contributed by atoms with Gasteiger partial charge in [-0.3, -0.25) is 4.79 Å². The van der Waals surface area contributed by atoms with Crippen molar-refractivity contribution in [1.82, 2.24) is 10.2 Å². The molecule has 0 fully saturated rings. The molecule has 0 radical (unpaired) electrons. The second kappa shape index (κ2) is 5.63. The van der Waals surface area contributed by atoms with Crippen LogP contribution in [0.25, 0.3) is 0 Å². The smallest absolute Gasteiger partial charge is 0.261 e. The second-order valence-electron chi connectivity index (χ2n) is 3.63. The van der Waals surface area contributed by atoms with Gasteiger partial charge in [0.25, 0.3) is 5.91 Å². The molecule has 1 aromatic rings. The van der Waals surface area contributed by atoms with Crippen LogP contribution in [0, 0.1) is 6.92 Å². The van der Waals surface area contributed by atoms with Crippen LogP contribution in [0.5, 0.6) is 0 Å². The SMILES string of the molecule is Cc1cc(C(=O)NCCN(C)C)sc1Br. The van der Waals surface area contributed by atoms with E-state index < -0.39 is 0 Å². The first-order valence-corrected chi connectivity index (χ1v) is 6.30. The van der Waals surface area contributed by atoms with Crippen LogP contribution in [-0.4, -0.2) is 38.0 Å². The number of halogens is 1. The minimum atomic E-state index is 0.00986. The van der Waals surface area contributed by atoms with Crippen molar-refractivity contribution in [2.24, 2.45) is 0 Å². The van der Waals surface area contributed by atoms with Gasteiger partial charge in [0.05, 0.1) is 8.66 Å². The minimum absolute atomic E-state index is 0.00986. The van der Waals surface area contributed by atoms with Gasteiger partial charge in [0.15, 0.2) is 0 Å². The lowest BCUT2D eigenvalue weighted by Gasteiger charge is -2.09. The van der Waals surface area contributed by atoms with Gasteiger partial charge in [-0.25, -0.2) is 0 Å². The summed E-state index contributed by atoms with van der Waals surface area (Å²) in [5.74, 6) is 0.00986. The van der Waals surface area contributed by atoms with Crippen molar-refractivity contribution in [3.05, 3.63) is 20.3 Å². The van der Waals surface area contributed by atoms with Gasteiger partial charge in [0.1, 0.15) is 0 Å². The quantitative estimate of drug-likeness (QED) is 0.921. The van der Waals surface area contributed by atoms with Crippen molar-refractivity contribution < 1.29 is 4.79 Å². The number of nitrogens with one attached hydrogen (secondary N) is 1. The Bertz CT molecular complexity index is 330. The van der Waals surface area contributed by atoms with Gasteiger partial charge in [-0.1, -0.05) is 0 Å². The summed E-state index contributed by atoms with van der Waals surface area (Å²) in [4.78, 5) is 14.5. The van der Waals surface area contributed by atoms with Crippen LogP contribution in [0.3, 0.4) is 0 Å². The third-order valence-electron chi connectivity index (χ3n) is 1.93. The zero-order valence-corrected chi connectivity index (χ0v) is 11.5. The van der Waals surface area contributed by atoms with Gasteiger partial charge in [-0.05, 0) is 48.6 Å². The van der Waals surface area contributed by atoms with Crippen LogP contribution >= 0.6 is 27.3 Å². The molecule has 5 heteroatoms. The van der Waals surface area contributed by atoms with Crippen LogP contribution in [0.1, 0.15) is 15.2 Å². The summed E-state index contributed by atoms with van der Waals surface area (Å²) in [6, 6.07) is 1.90. The van der Waals surface area contributed by atoms with E-state index in [4.69, 9.17) is 0 Å². The Morgan fingerprint density at radius 3 is 2.73 bits per heavy atom. The van der Waals surface area contributed by atoms with Crippen LogP contribution < -0.4 is 5.32 Å². The second-order valence-corrected chi connectivity index (χ2v) is 6.00. The number of likely N-dealkylation sites (N-methyl/N-ethyl adjacent to an activating group) is 1. The molecule has 1 amide bonds. The fraction of sp³-hybridized carbons (Fsp3) is 0.500. The number of rotatable bonds is 4. The van der Waals surface area contributed by atoms with E-state index in [1.165, 1.54) is 11.3 Å². The zero-order valence-electron chi connectivity index (χ0n) is 9.13. The molecular weight excluding hydrogens is 276 g/mol. The van der Waals surface area contributed by atoms with Crippen LogP contribution in [0.15, 0.2) is 9.85 Å². The lowest BCUT2D eigenvalue weighted by molar-refractivity contribution is 0.0955. The molecule has 0 aliphatic rings. The van der Waals surface area contributed by atoms with Gasteiger partial charge in [0.2, 0.25) is 0 Å². The average molecular weight is 291 g/mol. The van der Waals surface area contributed by atoms with Crippen molar-refractivity contribution in [2.45, 2.75) is 6.92 Å². The molecule has 1 aromatic heterocycles. The summed E-state index contributed by atoms with van der Waals surface area (Å²) >= 11 is 4.88. The van der Waals surface area contributed by atoms with Crippen molar-refractivity contribution in [2.75, 3.05) is 27.2 Å². The highest BCUT2D eigenvalue weighted by Gasteiger charge is 2.10. The van der Waals surface area contributed by atoms with Crippen molar-refractivity contribution >= 4 is 33.2 Å². The van der Waals surface area contributed by atoms with Gasteiger partial charge < -0.3 is 10.2 Å².